The van der Waals surface area contributed by atoms with E-state index >= 15 is 0 Å². The molecule has 4 nitrogen and oxygen atoms in total. The summed E-state index contributed by atoms with van der Waals surface area (Å²) in [6.07, 6.45) is 8.94. The molecule has 1 aliphatic carbocycles. The molecule has 4 heteroatoms. The molecule has 1 fully saturated rings. The molecule has 1 heterocycles. The van der Waals surface area contributed by atoms with E-state index in [-0.39, 0.29) is 0 Å². The van der Waals surface area contributed by atoms with Crippen LogP contribution in [0.15, 0.2) is 12.4 Å². The minimum atomic E-state index is -0.394. The van der Waals surface area contributed by atoms with Gasteiger partial charge in [-0.1, -0.05) is 25.7 Å². The third-order valence-corrected chi connectivity index (χ3v) is 3.40. The van der Waals surface area contributed by atoms with E-state index in [0.717, 1.165) is 24.5 Å². The van der Waals surface area contributed by atoms with Crippen LogP contribution >= 0.6 is 0 Å². The molecule has 1 aromatic rings. The lowest BCUT2D eigenvalue weighted by Gasteiger charge is -2.08. The first-order valence-corrected chi connectivity index (χ1v) is 6.19. The van der Waals surface area contributed by atoms with Crippen molar-refractivity contribution in [3.63, 3.8) is 0 Å². The number of carbonyl (C=O) groups excluding carboxylic acids is 1. The van der Waals surface area contributed by atoms with Crippen LogP contribution in [-0.2, 0) is 11.2 Å². The molecule has 0 atom stereocenters. The van der Waals surface area contributed by atoms with Gasteiger partial charge >= 0.3 is 5.97 Å². The second-order valence-corrected chi connectivity index (χ2v) is 4.58. The normalized spacial score (nSPS) is 16.1. The van der Waals surface area contributed by atoms with Crippen LogP contribution < -0.4 is 0 Å². The van der Waals surface area contributed by atoms with Crippen LogP contribution in [0.2, 0.25) is 0 Å². The fourth-order valence-electron chi connectivity index (χ4n) is 2.40. The maximum atomic E-state index is 11.3. The van der Waals surface area contributed by atoms with E-state index in [4.69, 9.17) is 0 Å². The quantitative estimate of drug-likeness (QED) is 0.750. The SMILES string of the molecule is COC(=O)c1cc(CCC2CCCC2)ncn1. The Morgan fingerprint density at radius 1 is 1.41 bits per heavy atom. The largest absolute Gasteiger partial charge is 0.464 e. The summed E-state index contributed by atoms with van der Waals surface area (Å²) in [5, 5.41) is 0. The highest BCUT2D eigenvalue weighted by molar-refractivity contribution is 5.87. The number of ether oxygens (including phenoxy) is 1. The van der Waals surface area contributed by atoms with Gasteiger partial charge in [-0.05, 0) is 24.8 Å². The summed E-state index contributed by atoms with van der Waals surface area (Å²) in [5.74, 6) is 0.445. The van der Waals surface area contributed by atoms with Gasteiger partial charge in [-0.25, -0.2) is 14.8 Å². The number of esters is 1. The topological polar surface area (TPSA) is 52.1 Å². The van der Waals surface area contributed by atoms with Gasteiger partial charge in [0.25, 0.3) is 0 Å². The van der Waals surface area contributed by atoms with Gasteiger partial charge in [-0.15, -0.1) is 0 Å². The summed E-state index contributed by atoms with van der Waals surface area (Å²) in [7, 11) is 1.36. The van der Waals surface area contributed by atoms with Gasteiger partial charge in [-0.2, -0.15) is 0 Å². The molecule has 17 heavy (non-hydrogen) atoms. The second-order valence-electron chi connectivity index (χ2n) is 4.58. The van der Waals surface area contributed by atoms with Gasteiger partial charge < -0.3 is 4.74 Å². The van der Waals surface area contributed by atoms with Crippen LogP contribution in [0.25, 0.3) is 0 Å². The van der Waals surface area contributed by atoms with E-state index in [1.54, 1.807) is 6.07 Å². The zero-order chi connectivity index (χ0) is 12.1. The Kier molecular flexibility index (Phi) is 4.07. The molecule has 0 aromatic carbocycles. The van der Waals surface area contributed by atoms with Gasteiger partial charge in [0.15, 0.2) is 5.69 Å². The Hall–Kier alpha value is -1.45. The van der Waals surface area contributed by atoms with Crippen LogP contribution in [0.4, 0.5) is 0 Å². The smallest absolute Gasteiger partial charge is 0.356 e. The van der Waals surface area contributed by atoms with Crippen LogP contribution in [-0.4, -0.2) is 23.0 Å². The average molecular weight is 234 g/mol. The first-order valence-electron chi connectivity index (χ1n) is 6.19. The predicted molar refractivity (Wildman–Crippen MR) is 63.7 cm³/mol. The van der Waals surface area contributed by atoms with Crippen LogP contribution in [0.5, 0.6) is 0 Å². The third-order valence-electron chi connectivity index (χ3n) is 3.40. The Labute approximate surface area is 101 Å². The Balaban J connectivity index is 1.93. The van der Waals surface area contributed by atoms with E-state index in [1.807, 2.05) is 0 Å². The number of nitrogens with zero attached hydrogens (tertiary/aromatic N) is 2. The minimum Gasteiger partial charge on any atom is -0.464 e. The van der Waals surface area contributed by atoms with Crippen molar-refractivity contribution in [3.05, 3.63) is 23.8 Å². The molecule has 0 radical (unpaired) electrons. The van der Waals surface area contributed by atoms with Crippen molar-refractivity contribution in [3.8, 4) is 0 Å². The highest BCUT2D eigenvalue weighted by Gasteiger charge is 2.15. The molecule has 0 spiro atoms. The van der Waals surface area contributed by atoms with Gasteiger partial charge in [0.2, 0.25) is 0 Å². The molecule has 1 saturated carbocycles. The number of hydrogen-bond acceptors (Lipinski definition) is 4. The summed E-state index contributed by atoms with van der Waals surface area (Å²) in [5.41, 5.74) is 1.29. The Bertz CT molecular complexity index is 387. The lowest BCUT2D eigenvalue weighted by atomic mass is 10.0. The first-order chi connectivity index (χ1) is 8.29. The molecular weight excluding hydrogens is 216 g/mol. The molecule has 0 saturated heterocycles. The van der Waals surface area contributed by atoms with E-state index in [2.05, 4.69) is 14.7 Å². The van der Waals surface area contributed by atoms with Crippen molar-refractivity contribution < 1.29 is 9.53 Å². The molecule has 0 unspecified atom stereocenters. The molecule has 1 aromatic heterocycles. The maximum absolute atomic E-state index is 11.3. The number of hydrogen-bond donors (Lipinski definition) is 0. The molecular formula is C13H18N2O2. The molecule has 2 rings (SSSR count). The monoisotopic (exact) mass is 234 g/mol. The number of aryl methyl sites for hydroxylation is 1. The molecule has 92 valence electrons. The Morgan fingerprint density at radius 2 is 2.18 bits per heavy atom. The summed E-state index contributed by atoms with van der Waals surface area (Å²) >= 11 is 0. The molecule has 0 aliphatic heterocycles. The van der Waals surface area contributed by atoms with Crippen LogP contribution in [0.1, 0.15) is 48.3 Å². The van der Waals surface area contributed by atoms with Crippen molar-refractivity contribution in [1.29, 1.82) is 0 Å². The van der Waals surface area contributed by atoms with Gasteiger partial charge in [-0.3, -0.25) is 0 Å². The summed E-state index contributed by atoms with van der Waals surface area (Å²) in [6.45, 7) is 0. The van der Waals surface area contributed by atoms with Gasteiger partial charge in [0, 0.05) is 5.69 Å². The first kappa shape index (κ1) is 12.0. The van der Waals surface area contributed by atoms with Crippen molar-refractivity contribution in [2.75, 3.05) is 7.11 Å². The fraction of sp³-hybridized carbons (Fsp3) is 0.615. The van der Waals surface area contributed by atoms with E-state index in [9.17, 15) is 4.79 Å². The second kappa shape index (κ2) is 5.75. The minimum absolute atomic E-state index is 0.351. The average Bonchev–Trinajstić information content (AvgIpc) is 2.89. The number of aromatic nitrogens is 2. The lowest BCUT2D eigenvalue weighted by molar-refractivity contribution is 0.0593. The molecule has 1 aliphatic rings. The standard InChI is InChI=1S/C13H18N2O2/c1-17-13(16)12-8-11(14-9-15-12)7-6-10-4-2-3-5-10/h8-10H,2-7H2,1H3. The lowest BCUT2D eigenvalue weighted by Crippen LogP contribution is -2.06. The van der Waals surface area contributed by atoms with E-state index < -0.39 is 5.97 Å². The number of carbonyl (C=O) groups is 1. The van der Waals surface area contributed by atoms with Crippen molar-refractivity contribution in [1.82, 2.24) is 9.97 Å². The third kappa shape index (κ3) is 3.25. The molecule has 0 N–H and O–H groups in total. The zero-order valence-electron chi connectivity index (χ0n) is 10.2. The summed E-state index contributed by atoms with van der Waals surface area (Å²) in [4.78, 5) is 19.4. The highest BCUT2D eigenvalue weighted by atomic mass is 16.5. The Morgan fingerprint density at radius 3 is 2.88 bits per heavy atom. The number of rotatable bonds is 4. The maximum Gasteiger partial charge on any atom is 0.356 e. The number of methoxy groups -OCH3 is 1. The van der Waals surface area contributed by atoms with Crippen molar-refractivity contribution >= 4 is 5.97 Å². The summed E-state index contributed by atoms with van der Waals surface area (Å²) < 4.78 is 4.64. The van der Waals surface area contributed by atoms with E-state index in [0.29, 0.717) is 5.69 Å². The molecule has 0 bridgehead atoms. The zero-order valence-corrected chi connectivity index (χ0v) is 10.2. The summed E-state index contributed by atoms with van der Waals surface area (Å²) in [6, 6.07) is 1.74. The van der Waals surface area contributed by atoms with Crippen LogP contribution in [0.3, 0.4) is 0 Å². The fourth-order valence-corrected chi connectivity index (χ4v) is 2.40. The van der Waals surface area contributed by atoms with Gasteiger partial charge in [0.05, 0.1) is 7.11 Å². The highest BCUT2D eigenvalue weighted by Crippen LogP contribution is 2.28. The van der Waals surface area contributed by atoms with Crippen molar-refractivity contribution in [2.45, 2.75) is 38.5 Å². The van der Waals surface area contributed by atoms with E-state index in [1.165, 1.54) is 39.1 Å². The predicted octanol–water partition coefficient (Wildman–Crippen LogP) is 2.39. The van der Waals surface area contributed by atoms with Crippen LogP contribution in [0, 0.1) is 5.92 Å². The molecule has 0 amide bonds. The van der Waals surface area contributed by atoms with Gasteiger partial charge in [0.1, 0.15) is 6.33 Å². The van der Waals surface area contributed by atoms with Crippen molar-refractivity contribution in [2.24, 2.45) is 5.92 Å².